The highest BCUT2D eigenvalue weighted by molar-refractivity contribution is 6.07. The van der Waals surface area contributed by atoms with Gasteiger partial charge in [0.15, 0.2) is 11.4 Å². The normalized spacial score (nSPS) is 16.2. The number of pyridine rings is 1. The number of primary amides is 1. The second kappa shape index (κ2) is 9.09. The fraction of sp³-hybridized carbons (Fsp3) is 0.381. The number of hydrogen-bond donors (Lipinski definition) is 2. The first kappa shape index (κ1) is 20.7. The summed E-state index contributed by atoms with van der Waals surface area (Å²) in [4.78, 5) is 33.0. The number of rotatable bonds is 7. The van der Waals surface area contributed by atoms with E-state index in [9.17, 15) is 9.59 Å². The molecule has 2 amide bonds. The van der Waals surface area contributed by atoms with Crippen molar-refractivity contribution in [3.63, 3.8) is 0 Å². The number of ether oxygens (including phenoxy) is 1. The van der Waals surface area contributed by atoms with E-state index in [1.807, 2.05) is 13.0 Å². The summed E-state index contributed by atoms with van der Waals surface area (Å²) in [6.07, 6.45) is 7.32. The Morgan fingerprint density at radius 2 is 2.26 bits per heavy atom. The summed E-state index contributed by atoms with van der Waals surface area (Å²) >= 11 is 0. The van der Waals surface area contributed by atoms with E-state index in [-0.39, 0.29) is 17.1 Å². The van der Waals surface area contributed by atoms with Gasteiger partial charge in [0.2, 0.25) is 5.89 Å². The van der Waals surface area contributed by atoms with Crippen LogP contribution in [-0.4, -0.2) is 44.8 Å². The van der Waals surface area contributed by atoms with Crippen molar-refractivity contribution in [3.05, 3.63) is 47.9 Å². The van der Waals surface area contributed by atoms with Crippen LogP contribution in [0.5, 0.6) is 0 Å². The third-order valence-electron chi connectivity index (χ3n) is 5.11. The first-order valence-electron chi connectivity index (χ1n) is 10.2. The van der Waals surface area contributed by atoms with E-state index in [2.05, 4.69) is 20.4 Å². The fourth-order valence-electron chi connectivity index (χ4n) is 3.51. The van der Waals surface area contributed by atoms with Gasteiger partial charge in [-0.1, -0.05) is 6.92 Å². The molecule has 1 fully saturated rings. The lowest BCUT2D eigenvalue weighted by atomic mass is 10.0. The number of oxazole rings is 1. The minimum absolute atomic E-state index is 0.00415. The fourth-order valence-corrected chi connectivity index (χ4v) is 3.51. The summed E-state index contributed by atoms with van der Waals surface area (Å²) in [6, 6.07) is 3.62. The Balaban J connectivity index is 1.50. The zero-order valence-electron chi connectivity index (χ0n) is 17.2. The van der Waals surface area contributed by atoms with Crippen LogP contribution in [0.4, 0.5) is 5.69 Å². The quantitative estimate of drug-likeness (QED) is 0.593. The molecule has 4 heterocycles. The summed E-state index contributed by atoms with van der Waals surface area (Å²) in [5, 5.41) is 6.91. The number of carbonyl (C=O) groups excluding carboxylic acids is 2. The lowest BCUT2D eigenvalue weighted by Crippen LogP contribution is -2.22. The maximum Gasteiger partial charge on any atom is 0.277 e. The van der Waals surface area contributed by atoms with Gasteiger partial charge in [0.1, 0.15) is 6.26 Å². The molecule has 10 heteroatoms. The van der Waals surface area contributed by atoms with Gasteiger partial charge in [-0.3, -0.25) is 19.3 Å². The molecular formula is C21H24N6O4. The molecule has 0 aliphatic carbocycles. The minimum atomic E-state index is -0.723. The number of aryl methyl sites for hydroxylation is 1. The van der Waals surface area contributed by atoms with Crippen molar-refractivity contribution in [2.24, 2.45) is 11.7 Å². The van der Waals surface area contributed by atoms with Gasteiger partial charge in [-0.2, -0.15) is 5.10 Å². The van der Waals surface area contributed by atoms with Crippen molar-refractivity contribution in [1.82, 2.24) is 19.7 Å². The van der Waals surface area contributed by atoms with E-state index < -0.39 is 11.8 Å². The van der Waals surface area contributed by atoms with Crippen LogP contribution in [0, 0.1) is 5.92 Å². The van der Waals surface area contributed by atoms with Crippen molar-refractivity contribution in [2.45, 2.75) is 32.7 Å². The molecule has 162 valence electrons. The lowest BCUT2D eigenvalue weighted by molar-refractivity contribution is 0.0469. The van der Waals surface area contributed by atoms with Gasteiger partial charge in [-0.25, -0.2) is 4.98 Å². The molecule has 3 aromatic heterocycles. The lowest BCUT2D eigenvalue weighted by Gasteiger charge is -2.21. The highest BCUT2D eigenvalue weighted by Crippen LogP contribution is 2.22. The van der Waals surface area contributed by atoms with Crippen LogP contribution in [0.1, 0.15) is 46.4 Å². The average molecular weight is 424 g/mol. The van der Waals surface area contributed by atoms with Crippen LogP contribution in [0.3, 0.4) is 0 Å². The Morgan fingerprint density at radius 1 is 1.39 bits per heavy atom. The topological polar surface area (TPSA) is 138 Å². The Labute approximate surface area is 178 Å². The van der Waals surface area contributed by atoms with Crippen molar-refractivity contribution in [2.75, 3.05) is 18.5 Å². The first-order chi connectivity index (χ1) is 15.0. The van der Waals surface area contributed by atoms with Crippen LogP contribution in [0.15, 0.2) is 35.2 Å². The van der Waals surface area contributed by atoms with Crippen molar-refractivity contribution < 1.29 is 18.7 Å². The second-order valence-electron chi connectivity index (χ2n) is 7.44. The number of nitrogens with zero attached hydrogens (tertiary/aromatic N) is 4. The molecule has 31 heavy (non-hydrogen) atoms. The highest BCUT2D eigenvalue weighted by atomic mass is 16.5. The number of carbonyl (C=O) groups is 2. The molecule has 4 rings (SSSR count). The Hall–Kier alpha value is -3.53. The number of aromatic nitrogens is 4. The van der Waals surface area contributed by atoms with Crippen LogP contribution >= 0.6 is 0 Å². The Bertz CT molecular complexity index is 1080. The van der Waals surface area contributed by atoms with Crippen LogP contribution in [0.25, 0.3) is 11.5 Å². The molecule has 1 unspecified atom stereocenters. The molecule has 1 atom stereocenters. The van der Waals surface area contributed by atoms with Gasteiger partial charge in [0.25, 0.3) is 11.8 Å². The van der Waals surface area contributed by atoms with Crippen LogP contribution < -0.4 is 11.1 Å². The van der Waals surface area contributed by atoms with Crippen molar-refractivity contribution in [3.8, 4) is 11.5 Å². The van der Waals surface area contributed by atoms with E-state index in [0.717, 1.165) is 37.1 Å². The minimum Gasteiger partial charge on any atom is -0.444 e. The molecule has 0 radical (unpaired) electrons. The van der Waals surface area contributed by atoms with Gasteiger partial charge < -0.3 is 20.2 Å². The zero-order chi connectivity index (χ0) is 21.8. The van der Waals surface area contributed by atoms with Crippen molar-refractivity contribution in [1.29, 1.82) is 0 Å². The molecule has 1 aliphatic rings. The zero-order valence-corrected chi connectivity index (χ0v) is 17.2. The van der Waals surface area contributed by atoms with E-state index in [4.69, 9.17) is 14.9 Å². The van der Waals surface area contributed by atoms with Gasteiger partial charge in [-0.05, 0) is 31.4 Å². The molecule has 0 saturated carbocycles. The van der Waals surface area contributed by atoms with Gasteiger partial charge in [-0.15, -0.1) is 0 Å². The first-order valence-corrected chi connectivity index (χ1v) is 10.2. The van der Waals surface area contributed by atoms with Gasteiger partial charge >= 0.3 is 0 Å². The summed E-state index contributed by atoms with van der Waals surface area (Å²) < 4.78 is 12.6. The van der Waals surface area contributed by atoms with Gasteiger partial charge in [0.05, 0.1) is 12.3 Å². The summed E-state index contributed by atoms with van der Waals surface area (Å²) in [5.41, 5.74) is 7.38. The number of anilines is 1. The maximum atomic E-state index is 12.7. The number of hydrogen-bond acceptors (Lipinski definition) is 7. The second-order valence-corrected chi connectivity index (χ2v) is 7.44. The third-order valence-corrected chi connectivity index (χ3v) is 5.11. The van der Waals surface area contributed by atoms with E-state index in [0.29, 0.717) is 25.0 Å². The molecule has 0 bridgehead atoms. The van der Waals surface area contributed by atoms with E-state index >= 15 is 0 Å². The molecule has 3 N–H and O–H groups in total. The SMILES string of the molecule is CCc1cc(-c2nc(C(=O)Nc3cn(CC4CCCOC4)nc3C(N)=O)co2)ccn1. The molecule has 10 nitrogen and oxygen atoms in total. The third kappa shape index (κ3) is 4.80. The standard InChI is InChI=1S/C21H24N6O4/c1-2-15-8-14(5-6-23-15)21-25-17(12-31-21)20(29)24-16-10-27(26-18(16)19(22)28)9-13-4-3-7-30-11-13/h5-6,8,10,12-13H,2-4,7,9,11H2,1H3,(H2,22,28)(H,24,29). The monoisotopic (exact) mass is 424 g/mol. The average Bonchev–Trinajstić information content (AvgIpc) is 3.42. The smallest absolute Gasteiger partial charge is 0.277 e. The molecule has 0 aromatic carbocycles. The molecule has 1 saturated heterocycles. The van der Waals surface area contributed by atoms with E-state index in [1.54, 1.807) is 23.1 Å². The maximum absolute atomic E-state index is 12.7. The van der Waals surface area contributed by atoms with E-state index in [1.165, 1.54) is 6.26 Å². The molecule has 1 aliphatic heterocycles. The predicted octanol–water partition coefficient (Wildman–Crippen LogP) is 2.27. The number of nitrogens with one attached hydrogen (secondary N) is 1. The van der Waals surface area contributed by atoms with Crippen LogP contribution in [0.2, 0.25) is 0 Å². The molecule has 0 spiro atoms. The Morgan fingerprint density at radius 3 is 3.00 bits per heavy atom. The highest BCUT2D eigenvalue weighted by Gasteiger charge is 2.22. The molecule has 3 aromatic rings. The van der Waals surface area contributed by atoms with Gasteiger partial charge in [0, 0.05) is 42.7 Å². The summed E-state index contributed by atoms with van der Waals surface area (Å²) in [6.45, 7) is 3.98. The number of nitrogens with two attached hydrogens (primary N) is 1. The summed E-state index contributed by atoms with van der Waals surface area (Å²) in [7, 11) is 0. The number of amides is 2. The largest absolute Gasteiger partial charge is 0.444 e. The predicted molar refractivity (Wildman–Crippen MR) is 111 cm³/mol. The Kier molecular flexibility index (Phi) is 6.08. The molecular weight excluding hydrogens is 400 g/mol. The van der Waals surface area contributed by atoms with Crippen LogP contribution in [-0.2, 0) is 17.7 Å². The summed E-state index contributed by atoms with van der Waals surface area (Å²) in [5.74, 6) is -0.642. The van der Waals surface area contributed by atoms with Crippen molar-refractivity contribution >= 4 is 17.5 Å².